The molecule has 2 nitrogen and oxygen atoms in total. The van der Waals surface area contributed by atoms with Crippen LogP contribution in [-0.4, -0.2) is 41.5 Å². The molecule has 70 valence electrons. The van der Waals surface area contributed by atoms with E-state index in [4.69, 9.17) is 0 Å². The third-order valence-corrected chi connectivity index (χ3v) is 2.93. The summed E-state index contributed by atoms with van der Waals surface area (Å²) in [7, 11) is 2.19. The van der Waals surface area contributed by atoms with Crippen molar-refractivity contribution in [2.75, 3.05) is 13.6 Å². The van der Waals surface area contributed by atoms with Gasteiger partial charge in [-0.2, -0.15) is 0 Å². The van der Waals surface area contributed by atoms with Gasteiger partial charge in [0, 0.05) is 0 Å². The SMILES string of the molecule is CCC1C(CC)[N+](C)=CN1CC. The van der Waals surface area contributed by atoms with Crippen LogP contribution < -0.4 is 0 Å². The summed E-state index contributed by atoms with van der Waals surface area (Å²) < 4.78 is 2.36. The van der Waals surface area contributed by atoms with Crippen LogP contribution in [0.4, 0.5) is 0 Å². The van der Waals surface area contributed by atoms with Gasteiger partial charge in [0.25, 0.3) is 0 Å². The molecule has 1 aliphatic heterocycles. The van der Waals surface area contributed by atoms with Gasteiger partial charge in [0.2, 0.25) is 6.34 Å². The summed E-state index contributed by atoms with van der Waals surface area (Å²) >= 11 is 0. The van der Waals surface area contributed by atoms with Crippen molar-refractivity contribution in [3.8, 4) is 0 Å². The van der Waals surface area contributed by atoms with Gasteiger partial charge in [0.1, 0.15) is 12.1 Å². The molecule has 0 saturated heterocycles. The van der Waals surface area contributed by atoms with Crippen LogP contribution >= 0.6 is 0 Å². The topological polar surface area (TPSA) is 6.25 Å². The molecule has 2 atom stereocenters. The normalized spacial score (nSPS) is 29.3. The highest BCUT2D eigenvalue weighted by molar-refractivity contribution is 5.51. The summed E-state index contributed by atoms with van der Waals surface area (Å²) in [6.07, 6.45) is 4.78. The molecule has 0 aliphatic carbocycles. The molecule has 0 amide bonds. The van der Waals surface area contributed by atoms with Gasteiger partial charge >= 0.3 is 0 Å². The van der Waals surface area contributed by atoms with Crippen molar-refractivity contribution in [1.29, 1.82) is 0 Å². The molecule has 1 heterocycles. The van der Waals surface area contributed by atoms with Gasteiger partial charge < -0.3 is 0 Å². The van der Waals surface area contributed by atoms with Crippen LogP contribution in [0, 0.1) is 0 Å². The molecule has 0 aromatic heterocycles. The first-order chi connectivity index (χ1) is 5.74. The van der Waals surface area contributed by atoms with E-state index in [-0.39, 0.29) is 0 Å². The molecule has 1 rings (SSSR count). The number of nitrogens with zero attached hydrogens (tertiary/aromatic N) is 2. The third-order valence-electron chi connectivity index (χ3n) is 2.93. The van der Waals surface area contributed by atoms with Gasteiger partial charge in [-0.25, -0.2) is 0 Å². The fourth-order valence-electron chi connectivity index (χ4n) is 2.28. The lowest BCUT2D eigenvalue weighted by molar-refractivity contribution is -0.527. The highest BCUT2D eigenvalue weighted by Crippen LogP contribution is 2.17. The molecular weight excluding hydrogens is 148 g/mol. The van der Waals surface area contributed by atoms with Gasteiger partial charge in [0.05, 0.1) is 13.6 Å². The van der Waals surface area contributed by atoms with E-state index in [1.807, 2.05) is 0 Å². The van der Waals surface area contributed by atoms with Crippen molar-refractivity contribution in [2.45, 2.75) is 45.7 Å². The Morgan fingerprint density at radius 2 is 1.92 bits per heavy atom. The molecule has 0 fully saturated rings. The minimum absolute atomic E-state index is 0.731. The second-order valence-corrected chi connectivity index (χ2v) is 3.56. The molecule has 0 N–H and O–H groups in total. The molecule has 0 aromatic rings. The zero-order chi connectivity index (χ0) is 9.14. The second kappa shape index (κ2) is 3.92. The Morgan fingerprint density at radius 1 is 1.25 bits per heavy atom. The van der Waals surface area contributed by atoms with Gasteiger partial charge in [-0.15, -0.1) is 0 Å². The lowest BCUT2D eigenvalue weighted by Crippen LogP contribution is -2.37. The van der Waals surface area contributed by atoms with E-state index in [1.54, 1.807) is 0 Å². The largest absolute Gasteiger partial charge is 0.264 e. The summed E-state index contributed by atoms with van der Waals surface area (Å²) in [4.78, 5) is 2.45. The molecule has 0 saturated carbocycles. The number of hydrogen-bond acceptors (Lipinski definition) is 1. The van der Waals surface area contributed by atoms with Crippen molar-refractivity contribution < 1.29 is 4.58 Å². The van der Waals surface area contributed by atoms with Crippen LogP contribution in [0.25, 0.3) is 0 Å². The summed E-state index contributed by atoms with van der Waals surface area (Å²) in [5.74, 6) is 0. The minimum Gasteiger partial charge on any atom is -0.264 e. The molecule has 0 aromatic carbocycles. The molecule has 2 unspecified atom stereocenters. The first kappa shape index (κ1) is 9.56. The Bertz CT molecular complexity index is 175. The Labute approximate surface area is 75.9 Å². The van der Waals surface area contributed by atoms with E-state index in [9.17, 15) is 0 Å². The van der Waals surface area contributed by atoms with Crippen molar-refractivity contribution in [1.82, 2.24) is 4.90 Å². The zero-order valence-electron chi connectivity index (χ0n) is 8.75. The quantitative estimate of drug-likeness (QED) is 0.581. The van der Waals surface area contributed by atoms with E-state index in [2.05, 4.69) is 43.6 Å². The Kier molecular flexibility index (Phi) is 3.12. The lowest BCUT2D eigenvalue weighted by Gasteiger charge is -2.19. The minimum atomic E-state index is 0.731. The van der Waals surface area contributed by atoms with Crippen LogP contribution in [-0.2, 0) is 0 Å². The van der Waals surface area contributed by atoms with Crippen molar-refractivity contribution in [3.05, 3.63) is 0 Å². The predicted octanol–water partition coefficient (Wildman–Crippen LogP) is 1.55. The molecule has 12 heavy (non-hydrogen) atoms. The van der Waals surface area contributed by atoms with Gasteiger partial charge in [-0.1, -0.05) is 13.8 Å². The van der Waals surface area contributed by atoms with Gasteiger partial charge in [-0.3, -0.25) is 9.48 Å². The maximum absolute atomic E-state index is 2.45. The first-order valence-corrected chi connectivity index (χ1v) is 5.07. The molecule has 0 radical (unpaired) electrons. The van der Waals surface area contributed by atoms with Gasteiger partial charge in [-0.05, 0) is 19.8 Å². The average molecular weight is 169 g/mol. The van der Waals surface area contributed by atoms with E-state index in [0.29, 0.717) is 0 Å². The van der Waals surface area contributed by atoms with Crippen LogP contribution in [0.2, 0.25) is 0 Å². The maximum Gasteiger partial charge on any atom is 0.234 e. The van der Waals surface area contributed by atoms with Crippen LogP contribution in [0.1, 0.15) is 33.6 Å². The van der Waals surface area contributed by atoms with Crippen LogP contribution in [0.3, 0.4) is 0 Å². The summed E-state index contributed by atoms with van der Waals surface area (Å²) in [5, 5.41) is 0. The Hall–Kier alpha value is -0.530. The predicted molar refractivity (Wildman–Crippen MR) is 52.8 cm³/mol. The smallest absolute Gasteiger partial charge is 0.234 e. The van der Waals surface area contributed by atoms with Crippen molar-refractivity contribution >= 4 is 6.34 Å². The number of hydrogen-bond donors (Lipinski definition) is 0. The van der Waals surface area contributed by atoms with E-state index >= 15 is 0 Å². The highest BCUT2D eigenvalue weighted by atomic mass is 15.3. The summed E-state index contributed by atoms with van der Waals surface area (Å²) in [5.41, 5.74) is 0. The third kappa shape index (κ3) is 1.47. The van der Waals surface area contributed by atoms with Gasteiger partial charge in [0.15, 0.2) is 0 Å². The fourth-order valence-corrected chi connectivity index (χ4v) is 2.28. The Balaban J connectivity index is 2.70. The number of rotatable bonds is 3. The monoisotopic (exact) mass is 169 g/mol. The fraction of sp³-hybridized carbons (Fsp3) is 0.900. The molecule has 0 bridgehead atoms. The average Bonchev–Trinajstić information content (AvgIpc) is 2.40. The second-order valence-electron chi connectivity index (χ2n) is 3.56. The number of likely N-dealkylation sites (N-methyl/N-ethyl adjacent to an activating group) is 2. The lowest BCUT2D eigenvalue weighted by atomic mass is 10.0. The Morgan fingerprint density at radius 3 is 2.33 bits per heavy atom. The molecule has 2 heteroatoms. The van der Waals surface area contributed by atoms with Crippen molar-refractivity contribution in [2.24, 2.45) is 0 Å². The highest BCUT2D eigenvalue weighted by Gasteiger charge is 2.36. The van der Waals surface area contributed by atoms with Crippen LogP contribution in [0.15, 0.2) is 0 Å². The molecule has 0 spiro atoms. The van der Waals surface area contributed by atoms with E-state index in [0.717, 1.165) is 18.6 Å². The molecule has 1 aliphatic rings. The van der Waals surface area contributed by atoms with Crippen LogP contribution in [0.5, 0.6) is 0 Å². The zero-order valence-corrected chi connectivity index (χ0v) is 8.75. The summed E-state index contributed by atoms with van der Waals surface area (Å²) in [6, 6.07) is 1.47. The molecular formula is C10H21N2+. The van der Waals surface area contributed by atoms with E-state index in [1.165, 1.54) is 12.8 Å². The van der Waals surface area contributed by atoms with E-state index < -0.39 is 0 Å². The first-order valence-electron chi connectivity index (χ1n) is 5.07. The maximum atomic E-state index is 2.45. The standard InChI is InChI=1S/C10H21N2/c1-5-9-10(6-2)12(7-3)8-11(9)4/h8-10H,5-7H2,1-4H3/q+1. The summed E-state index contributed by atoms with van der Waals surface area (Å²) in [6.45, 7) is 7.92. The van der Waals surface area contributed by atoms with Crippen molar-refractivity contribution in [3.63, 3.8) is 0 Å².